The van der Waals surface area contributed by atoms with Crippen molar-refractivity contribution in [1.82, 2.24) is 4.90 Å². The highest BCUT2D eigenvalue weighted by Crippen LogP contribution is 2.32. The van der Waals surface area contributed by atoms with Crippen LogP contribution in [0.2, 0.25) is 0 Å². The molecule has 0 aliphatic carbocycles. The van der Waals surface area contributed by atoms with Crippen molar-refractivity contribution in [2.75, 3.05) is 19.7 Å². The molecule has 0 aliphatic heterocycles. The van der Waals surface area contributed by atoms with E-state index in [-0.39, 0.29) is 25.4 Å². The summed E-state index contributed by atoms with van der Waals surface area (Å²) in [6.45, 7) is 0.465. The first-order chi connectivity index (χ1) is 10.1. The molecule has 0 saturated heterocycles. The summed E-state index contributed by atoms with van der Waals surface area (Å²) in [5.41, 5.74) is 0. The topological polar surface area (TPSA) is 77.1 Å². The average Bonchev–Trinajstić information content (AvgIpc) is 2.46. The minimum Gasteiger partial charge on any atom is -0.481 e. The van der Waals surface area contributed by atoms with Crippen LogP contribution in [0, 0.1) is 22.7 Å². The van der Waals surface area contributed by atoms with Crippen molar-refractivity contribution < 1.29 is 9.53 Å². The number of hydrogen-bond donors (Lipinski definition) is 0. The predicted molar refractivity (Wildman–Crippen MR) is 84.4 cm³/mol. The standard InChI is InChI=1S/C14H13Br2N3O2/c15-11-4-1-5-12(16)14(11)21-10-13(20)19(8-2-6-17)9-3-7-18/h1,4-5H,2-3,8-10H2. The number of rotatable bonds is 7. The Hall–Kier alpha value is -1.57. The lowest BCUT2D eigenvalue weighted by atomic mass is 10.3. The van der Waals surface area contributed by atoms with Crippen molar-refractivity contribution in [3.8, 4) is 17.9 Å². The molecule has 0 spiro atoms. The fourth-order valence-electron chi connectivity index (χ4n) is 1.58. The summed E-state index contributed by atoms with van der Waals surface area (Å²) in [4.78, 5) is 13.6. The number of para-hydroxylation sites is 1. The molecule has 5 nitrogen and oxygen atoms in total. The summed E-state index contributed by atoms with van der Waals surface area (Å²) in [7, 11) is 0. The quantitative estimate of drug-likeness (QED) is 0.686. The van der Waals surface area contributed by atoms with Gasteiger partial charge in [-0.3, -0.25) is 4.79 Å². The molecule has 1 amide bonds. The molecule has 110 valence electrons. The van der Waals surface area contributed by atoms with Crippen molar-refractivity contribution in [3.63, 3.8) is 0 Å². The van der Waals surface area contributed by atoms with Gasteiger partial charge in [0.15, 0.2) is 6.61 Å². The van der Waals surface area contributed by atoms with Gasteiger partial charge in [-0.25, -0.2) is 0 Å². The van der Waals surface area contributed by atoms with Crippen molar-refractivity contribution in [1.29, 1.82) is 10.5 Å². The fraction of sp³-hybridized carbons (Fsp3) is 0.357. The van der Waals surface area contributed by atoms with Crippen molar-refractivity contribution in [2.45, 2.75) is 12.8 Å². The van der Waals surface area contributed by atoms with Gasteiger partial charge in [0, 0.05) is 13.1 Å². The highest BCUT2D eigenvalue weighted by molar-refractivity contribution is 9.11. The Bertz CT molecular complexity index is 540. The van der Waals surface area contributed by atoms with Crippen LogP contribution in [-0.4, -0.2) is 30.5 Å². The molecule has 1 aromatic carbocycles. The molecular weight excluding hydrogens is 402 g/mol. The van der Waals surface area contributed by atoms with Gasteiger partial charge in [0.25, 0.3) is 5.91 Å². The molecule has 0 fully saturated rings. The normalized spacial score (nSPS) is 9.52. The van der Waals surface area contributed by atoms with Gasteiger partial charge in [0.2, 0.25) is 0 Å². The zero-order valence-corrected chi connectivity index (χ0v) is 14.4. The minimum atomic E-state index is -0.247. The van der Waals surface area contributed by atoms with Crippen LogP contribution in [0.5, 0.6) is 5.75 Å². The van der Waals surface area contributed by atoms with E-state index in [2.05, 4.69) is 31.9 Å². The lowest BCUT2D eigenvalue weighted by Gasteiger charge is -2.20. The molecule has 0 aliphatic rings. The number of benzene rings is 1. The molecule has 0 heterocycles. The molecule has 0 N–H and O–H groups in total. The van der Waals surface area contributed by atoms with E-state index in [0.29, 0.717) is 18.8 Å². The smallest absolute Gasteiger partial charge is 0.260 e. The van der Waals surface area contributed by atoms with Crippen LogP contribution in [-0.2, 0) is 4.79 Å². The molecule has 0 atom stereocenters. The van der Waals surface area contributed by atoms with E-state index >= 15 is 0 Å². The largest absolute Gasteiger partial charge is 0.481 e. The number of hydrogen-bond acceptors (Lipinski definition) is 4. The number of nitrogens with zero attached hydrogens (tertiary/aromatic N) is 3. The molecule has 0 unspecified atom stereocenters. The summed E-state index contributed by atoms with van der Waals surface area (Å²) in [5, 5.41) is 17.2. The van der Waals surface area contributed by atoms with Crippen LogP contribution >= 0.6 is 31.9 Å². The second kappa shape index (κ2) is 9.38. The Labute approximate surface area is 140 Å². The highest BCUT2D eigenvalue weighted by Gasteiger charge is 2.15. The van der Waals surface area contributed by atoms with Gasteiger partial charge in [-0.1, -0.05) is 6.07 Å². The number of halogens is 2. The lowest BCUT2D eigenvalue weighted by molar-refractivity contribution is -0.133. The van der Waals surface area contributed by atoms with E-state index in [9.17, 15) is 4.79 Å². The number of nitriles is 2. The van der Waals surface area contributed by atoms with Gasteiger partial charge in [-0.05, 0) is 44.0 Å². The van der Waals surface area contributed by atoms with Crippen molar-refractivity contribution in [3.05, 3.63) is 27.1 Å². The Kier molecular flexibility index (Phi) is 7.81. The monoisotopic (exact) mass is 413 g/mol. The van der Waals surface area contributed by atoms with Crippen molar-refractivity contribution >= 4 is 37.8 Å². The van der Waals surface area contributed by atoms with Crippen LogP contribution < -0.4 is 4.74 Å². The van der Waals surface area contributed by atoms with E-state index in [1.54, 1.807) is 0 Å². The Morgan fingerprint density at radius 1 is 1.14 bits per heavy atom. The number of carbonyl (C=O) groups excluding carboxylic acids is 1. The van der Waals surface area contributed by atoms with Crippen LogP contribution in [0.4, 0.5) is 0 Å². The zero-order chi connectivity index (χ0) is 15.7. The second-order valence-corrected chi connectivity index (χ2v) is 5.75. The third-order valence-electron chi connectivity index (χ3n) is 2.60. The number of ether oxygens (including phenoxy) is 1. The highest BCUT2D eigenvalue weighted by atomic mass is 79.9. The van der Waals surface area contributed by atoms with E-state index in [4.69, 9.17) is 15.3 Å². The van der Waals surface area contributed by atoms with Gasteiger partial charge >= 0.3 is 0 Å². The maximum atomic E-state index is 12.1. The zero-order valence-electron chi connectivity index (χ0n) is 11.2. The molecule has 1 aromatic rings. The summed E-state index contributed by atoms with van der Waals surface area (Å²) >= 11 is 6.70. The van der Waals surface area contributed by atoms with E-state index in [0.717, 1.165) is 8.95 Å². The minimum absolute atomic E-state index is 0.141. The van der Waals surface area contributed by atoms with Crippen LogP contribution in [0.1, 0.15) is 12.8 Å². The van der Waals surface area contributed by atoms with Crippen molar-refractivity contribution in [2.24, 2.45) is 0 Å². The van der Waals surface area contributed by atoms with Gasteiger partial charge in [0.1, 0.15) is 5.75 Å². The third-order valence-corrected chi connectivity index (χ3v) is 3.85. The molecule has 1 rings (SSSR count). The van der Waals surface area contributed by atoms with Crippen LogP contribution in [0.3, 0.4) is 0 Å². The summed E-state index contributed by atoms with van der Waals surface area (Å²) < 4.78 is 7.00. The Balaban J connectivity index is 2.65. The maximum Gasteiger partial charge on any atom is 0.260 e. The Morgan fingerprint density at radius 2 is 1.67 bits per heavy atom. The first kappa shape index (κ1) is 17.5. The average molecular weight is 415 g/mol. The van der Waals surface area contributed by atoms with E-state index in [1.165, 1.54) is 4.90 Å². The maximum absolute atomic E-state index is 12.1. The second-order valence-electron chi connectivity index (χ2n) is 4.04. The SMILES string of the molecule is N#CCCN(CCC#N)C(=O)COc1c(Br)cccc1Br. The first-order valence-electron chi connectivity index (χ1n) is 6.18. The molecule has 0 bridgehead atoms. The summed E-state index contributed by atoms with van der Waals surface area (Å²) in [6, 6.07) is 9.45. The van der Waals surface area contributed by atoms with E-state index in [1.807, 2.05) is 30.3 Å². The van der Waals surface area contributed by atoms with E-state index < -0.39 is 0 Å². The molecular formula is C14H13Br2N3O2. The van der Waals surface area contributed by atoms with Gasteiger partial charge in [-0.2, -0.15) is 10.5 Å². The predicted octanol–water partition coefficient (Wildman–Crippen LogP) is 3.25. The van der Waals surface area contributed by atoms with Crippen LogP contribution in [0.15, 0.2) is 27.1 Å². The molecule has 0 radical (unpaired) electrons. The number of amides is 1. The Morgan fingerprint density at radius 3 is 2.14 bits per heavy atom. The fourth-order valence-corrected chi connectivity index (χ4v) is 2.80. The molecule has 7 heteroatoms. The van der Waals surface area contributed by atoms with Gasteiger partial charge in [-0.15, -0.1) is 0 Å². The summed E-state index contributed by atoms with van der Waals surface area (Å²) in [5.74, 6) is 0.300. The molecule has 0 aromatic heterocycles. The third kappa shape index (κ3) is 5.74. The first-order valence-corrected chi connectivity index (χ1v) is 7.77. The lowest BCUT2D eigenvalue weighted by Crippen LogP contribution is -2.36. The van der Waals surface area contributed by atoms with Gasteiger partial charge in [0.05, 0.1) is 33.9 Å². The number of carbonyl (C=O) groups is 1. The summed E-state index contributed by atoms with van der Waals surface area (Å²) in [6.07, 6.45) is 0.464. The van der Waals surface area contributed by atoms with Gasteiger partial charge < -0.3 is 9.64 Å². The molecule has 0 saturated carbocycles. The molecule has 21 heavy (non-hydrogen) atoms. The van der Waals surface area contributed by atoms with Crippen LogP contribution in [0.25, 0.3) is 0 Å².